The molecule has 0 aromatic carbocycles. The maximum absolute atomic E-state index is 12.4. The fourth-order valence-electron chi connectivity index (χ4n) is 2.69. The lowest BCUT2D eigenvalue weighted by atomic mass is 10.1. The third-order valence-electron chi connectivity index (χ3n) is 3.74. The lowest BCUT2D eigenvalue weighted by Crippen LogP contribution is -2.41. The third-order valence-corrected chi connectivity index (χ3v) is 3.74. The van der Waals surface area contributed by atoms with E-state index in [1.54, 1.807) is 6.07 Å². The molecule has 2 bridgehead atoms. The molecule has 0 aliphatic carbocycles. The lowest BCUT2D eigenvalue weighted by Gasteiger charge is -2.26. The molecule has 2 aliphatic heterocycles. The van der Waals surface area contributed by atoms with E-state index < -0.39 is 0 Å². The minimum Gasteiger partial charge on any atom is -0.374 e. The Labute approximate surface area is 121 Å². The molecule has 0 N–H and O–H groups in total. The van der Waals surface area contributed by atoms with Crippen molar-refractivity contribution in [1.82, 2.24) is 9.88 Å². The molecule has 1 amide bonds. The molecule has 1 aromatic heterocycles. The monoisotopic (exact) mass is 276 g/mol. The highest BCUT2D eigenvalue weighted by molar-refractivity contribution is 5.92. The maximum Gasteiger partial charge on any atom is 0.272 e. The Hall–Kier alpha value is -1.42. The van der Waals surface area contributed by atoms with E-state index in [4.69, 9.17) is 4.74 Å². The van der Waals surface area contributed by atoms with Crippen LogP contribution in [0, 0.1) is 0 Å². The first-order chi connectivity index (χ1) is 9.65. The van der Waals surface area contributed by atoms with Crippen LogP contribution in [0.1, 0.15) is 56.2 Å². The topological polar surface area (TPSA) is 42.4 Å². The van der Waals surface area contributed by atoms with Gasteiger partial charge in [0.05, 0.1) is 18.8 Å². The normalized spacial score (nSPS) is 23.8. The maximum atomic E-state index is 12.4. The van der Waals surface area contributed by atoms with Crippen LogP contribution >= 0.6 is 0 Å². The summed E-state index contributed by atoms with van der Waals surface area (Å²) in [7, 11) is 0. The van der Waals surface area contributed by atoms with E-state index in [0.29, 0.717) is 18.2 Å². The zero-order valence-corrected chi connectivity index (χ0v) is 12.8. The van der Waals surface area contributed by atoms with Gasteiger partial charge in [-0.2, -0.15) is 0 Å². The van der Waals surface area contributed by atoms with Crippen molar-refractivity contribution in [2.75, 3.05) is 13.2 Å². The van der Waals surface area contributed by atoms with Crippen molar-refractivity contribution < 1.29 is 9.53 Å². The van der Waals surface area contributed by atoms with Gasteiger partial charge in [0.2, 0.25) is 0 Å². The largest absolute Gasteiger partial charge is 0.374 e. The standard InChI is InChI=1S/C14H18N2O2.C2H6/c1-9(2)12-4-3-5-13(15-12)14(17)16-7-11-6-10(16)8-18-11;1-2/h3-5,9-11H,6-8H2,1-2H3;1-2H3. The molecule has 1 aromatic rings. The van der Waals surface area contributed by atoms with Crippen molar-refractivity contribution in [3.8, 4) is 0 Å². The Morgan fingerprint density at radius 2 is 2.15 bits per heavy atom. The van der Waals surface area contributed by atoms with E-state index in [-0.39, 0.29) is 18.1 Å². The predicted octanol–water partition coefficient (Wildman–Crippen LogP) is 2.84. The SMILES string of the molecule is CC.CC(C)c1cccc(C(=O)N2CC3CC2CO3)n1. The Morgan fingerprint density at radius 3 is 2.70 bits per heavy atom. The van der Waals surface area contributed by atoms with Crippen LogP contribution < -0.4 is 0 Å². The second-order valence-corrected chi connectivity index (χ2v) is 5.40. The van der Waals surface area contributed by atoms with Crippen molar-refractivity contribution in [3.63, 3.8) is 0 Å². The van der Waals surface area contributed by atoms with Crippen LogP contribution in [-0.2, 0) is 4.74 Å². The first kappa shape index (κ1) is 15.0. The van der Waals surface area contributed by atoms with Crippen LogP contribution in [-0.4, -0.2) is 41.1 Å². The molecule has 4 heteroatoms. The highest BCUT2D eigenvalue weighted by atomic mass is 16.5. The molecule has 20 heavy (non-hydrogen) atoms. The first-order valence-corrected chi connectivity index (χ1v) is 7.54. The van der Waals surface area contributed by atoms with Gasteiger partial charge in [-0.3, -0.25) is 4.79 Å². The van der Waals surface area contributed by atoms with Gasteiger partial charge in [-0.15, -0.1) is 0 Å². The summed E-state index contributed by atoms with van der Waals surface area (Å²) in [5.74, 6) is 0.393. The van der Waals surface area contributed by atoms with E-state index >= 15 is 0 Å². The van der Waals surface area contributed by atoms with Gasteiger partial charge in [-0.1, -0.05) is 33.8 Å². The van der Waals surface area contributed by atoms with Gasteiger partial charge in [0, 0.05) is 12.2 Å². The molecule has 2 atom stereocenters. The van der Waals surface area contributed by atoms with Crippen LogP contribution in [0.25, 0.3) is 0 Å². The summed E-state index contributed by atoms with van der Waals surface area (Å²) < 4.78 is 5.52. The predicted molar refractivity (Wildman–Crippen MR) is 78.9 cm³/mol. The van der Waals surface area contributed by atoms with Crippen LogP contribution in [0.4, 0.5) is 0 Å². The van der Waals surface area contributed by atoms with Gasteiger partial charge in [0.15, 0.2) is 0 Å². The fourth-order valence-corrected chi connectivity index (χ4v) is 2.69. The molecule has 2 saturated heterocycles. The lowest BCUT2D eigenvalue weighted by molar-refractivity contribution is 0.0255. The number of nitrogens with zero attached hydrogens (tertiary/aromatic N) is 2. The van der Waals surface area contributed by atoms with Crippen molar-refractivity contribution in [1.29, 1.82) is 0 Å². The average molecular weight is 276 g/mol. The summed E-state index contributed by atoms with van der Waals surface area (Å²) in [5, 5.41) is 0. The molecule has 0 spiro atoms. The number of carbonyl (C=O) groups is 1. The highest BCUT2D eigenvalue weighted by Gasteiger charge is 2.41. The van der Waals surface area contributed by atoms with Gasteiger partial charge in [-0.05, 0) is 24.5 Å². The quantitative estimate of drug-likeness (QED) is 0.834. The zero-order chi connectivity index (χ0) is 14.7. The fraction of sp³-hybridized carbons (Fsp3) is 0.625. The number of ether oxygens (including phenoxy) is 1. The number of carbonyl (C=O) groups excluding carboxylic acids is 1. The summed E-state index contributed by atoms with van der Waals surface area (Å²) in [6.07, 6.45) is 1.22. The Kier molecular flexibility index (Phi) is 4.76. The number of hydrogen-bond donors (Lipinski definition) is 0. The molecule has 2 fully saturated rings. The second kappa shape index (κ2) is 6.35. The van der Waals surface area contributed by atoms with Gasteiger partial charge < -0.3 is 9.64 Å². The minimum atomic E-state index is 0.0494. The van der Waals surface area contributed by atoms with E-state index in [1.165, 1.54) is 0 Å². The molecule has 4 nitrogen and oxygen atoms in total. The minimum absolute atomic E-state index is 0.0494. The zero-order valence-electron chi connectivity index (χ0n) is 12.8. The molecule has 2 aliphatic rings. The molecule has 0 saturated carbocycles. The Morgan fingerprint density at radius 1 is 1.40 bits per heavy atom. The molecule has 110 valence electrons. The number of likely N-dealkylation sites (tertiary alicyclic amines) is 1. The van der Waals surface area contributed by atoms with Crippen molar-refractivity contribution in [2.45, 2.75) is 52.2 Å². The third kappa shape index (κ3) is 2.85. The molecule has 0 radical (unpaired) electrons. The summed E-state index contributed by atoms with van der Waals surface area (Å²) in [6.45, 7) is 9.57. The van der Waals surface area contributed by atoms with Gasteiger partial charge in [0.25, 0.3) is 5.91 Å². The molecule has 2 unspecified atom stereocenters. The number of hydrogen-bond acceptors (Lipinski definition) is 3. The number of fused-ring (bicyclic) bond motifs is 2. The van der Waals surface area contributed by atoms with Crippen LogP contribution in [0.15, 0.2) is 18.2 Å². The molecular formula is C16H24N2O2. The number of pyridine rings is 1. The summed E-state index contributed by atoms with van der Waals surface area (Å²) >= 11 is 0. The number of rotatable bonds is 2. The summed E-state index contributed by atoms with van der Waals surface area (Å²) in [5.41, 5.74) is 1.54. The van der Waals surface area contributed by atoms with E-state index in [9.17, 15) is 4.79 Å². The van der Waals surface area contributed by atoms with Gasteiger partial charge in [-0.25, -0.2) is 4.98 Å². The van der Waals surface area contributed by atoms with E-state index in [1.807, 2.05) is 30.9 Å². The molecule has 3 rings (SSSR count). The Balaban J connectivity index is 0.000000704. The van der Waals surface area contributed by atoms with Crippen LogP contribution in [0.3, 0.4) is 0 Å². The number of morpholine rings is 1. The van der Waals surface area contributed by atoms with Gasteiger partial charge >= 0.3 is 0 Å². The number of amides is 1. The van der Waals surface area contributed by atoms with Crippen LogP contribution in [0.5, 0.6) is 0 Å². The smallest absolute Gasteiger partial charge is 0.272 e. The number of aromatic nitrogens is 1. The van der Waals surface area contributed by atoms with Gasteiger partial charge in [0.1, 0.15) is 5.69 Å². The molecular weight excluding hydrogens is 252 g/mol. The van der Waals surface area contributed by atoms with Crippen molar-refractivity contribution in [2.24, 2.45) is 0 Å². The Bertz CT molecular complexity index is 473. The van der Waals surface area contributed by atoms with Crippen molar-refractivity contribution >= 4 is 5.91 Å². The van der Waals surface area contributed by atoms with Crippen molar-refractivity contribution in [3.05, 3.63) is 29.6 Å². The average Bonchev–Trinajstić information content (AvgIpc) is 3.11. The summed E-state index contributed by atoms with van der Waals surface area (Å²) in [4.78, 5) is 18.8. The first-order valence-electron chi connectivity index (χ1n) is 7.54. The van der Waals surface area contributed by atoms with Crippen LogP contribution in [0.2, 0.25) is 0 Å². The van der Waals surface area contributed by atoms with E-state index in [2.05, 4.69) is 18.8 Å². The molecule has 3 heterocycles. The highest BCUT2D eigenvalue weighted by Crippen LogP contribution is 2.28. The second-order valence-electron chi connectivity index (χ2n) is 5.40. The summed E-state index contributed by atoms with van der Waals surface area (Å²) in [6, 6.07) is 5.95. The van der Waals surface area contributed by atoms with E-state index in [0.717, 1.165) is 18.7 Å².